The molecular formula is C18H27NO3. The molecule has 0 spiro atoms. The van der Waals surface area contributed by atoms with Gasteiger partial charge in [0.25, 0.3) is 0 Å². The number of esters is 1. The molecule has 1 unspecified atom stereocenters. The van der Waals surface area contributed by atoms with Gasteiger partial charge in [-0.2, -0.15) is 0 Å². The number of ether oxygens (including phenoxy) is 2. The quantitative estimate of drug-likeness (QED) is 0.758. The summed E-state index contributed by atoms with van der Waals surface area (Å²) in [6.45, 7) is 7.81. The second-order valence-corrected chi connectivity index (χ2v) is 6.03. The Balaban J connectivity index is 1.94. The largest absolute Gasteiger partial charge is 0.493 e. The topological polar surface area (TPSA) is 38.8 Å². The van der Waals surface area contributed by atoms with Gasteiger partial charge in [0, 0.05) is 0 Å². The molecule has 1 aromatic carbocycles. The molecule has 1 aliphatic rings. The van der Waals surface area contributed by atoms with Crippen LogP contribution in [0.2, 0.25) is 0 Å². The molecule has 0 radical (unpaired) electrons. The number of hydrogen-bond donors (Lipinski definition) is 0. The van der Waals surface area contributed by atoms with Crippen molar-refractivity contribution in [1.82, 2.24) is 4.90 Å². The lowest BCUT2D eigenvalue weighted by molar-refractivity contribution is -0.149. The van der Waals surface area contributed by atoms with E-state index in [0.29, 0.717) is 12.5 Å². The molecule has 1 heterocycles. The van der Waals surface area contributed by atoms with E-state index < -0.39 is 0 Å². The molecule has 1 fully saturated rings. The second kappa shape index (κ2) is 8.18. The normalized spacial score (nSPS) is 18.0. The second-order valence-electron chi connectivity index (χ2n) is 6.03. The highest BCUT2D eigenvalue weighted by molar-refractivity contribution is 5.72. The highest BCUT2D eigenvalue weighted by Crippen LogP contribution is 2.27. The summed E-state index contributed by atoms with van der Waals surface area (Å²) in [6, 6.07) is 7.93. The van der Waals surface area contributed by atoms with Crippen LogP contribution in [0.25, 0.3) is 0 Å². The van der Waals surface area contributed by atoms with Crippen molar-refractivity contribution >= 4 is 5.97 Å². The van der Waals surface area contributed by atoms with Crippen molar-refractivity contribution in [3.63, 3.8) is 0 Å². The third kappa shape index (κ3) is 4.47. The van der Waals surface area contributed by atoms with Crippen molar-refractivity contribution in [3.05, 3.63) is 29.8 Å². The zero-order valence-electron chi connectivity index (χ0n) is 13.9. The third-order valence-corrected chi connectivity index (χ3v) is 4.60. The Morgan fingerprint density at radius 3 is 2.45 bits per heavy atom. The predicted octanol–water partition coefficient (Wildman–Crippen LogP) is 2.89. The van der Waals surface area contributed by atoms with E-state index >= 15 is 0 Å². The van der Waals surface area contributed by atoms with Crippen LogP contribution >= 0.6 is 0 Å². The molecule has 0 amide bonds. The minimum atomic E-state index is -0.176. The van der Waals surface area contributed by atoms with E-state index in [-0.39, 0.29) is 11.9 Å². The van der Waals surface area contributed by atoms with Crippen LogP contribution in [0.3, 0.4) is 0 Å². The summed E-state index contributed by atoms with van der Waals surface area (Å²) in [5.41, 5.74) is 1.20. The van der Waals surface area contributed by atoms with Gasteiger partial charge in [0.05, 0.1) is 13.0 Å². The standard InChI is InChI=1S/C18H27NO3/c1-4-19-11-9-15(10-12-19)17(18(20)21-3)13-22-16-7-5-14(2)6-8-16/h5-8,15,17H,4,9-13H2,1-3H3. The van der Waals surface area contributed by atoms with Crippen LogP contribution in [-0.4, -0.2) is 44.2 Å². The number of methoxy groups -OCH3 is 1. The number of aryl methyl sites for hydroxylation is 1. The molecule has 0 aromatic heterocycles. The number of hydrogen-bond acceptors (Lipinski definition) is 4. The molecule has 4 nitrogen and oxygen atoms in total. The smallest absolute Gasteiger partial charge is 0.312 e. The van der Waals surface area contributed by atoms with Gasteiger partial charge in [0.1, 0.15) is 12.4 Å². The number of benzene rings is 1. The minimum absolute atomic E-state index is 0.151. The monoisotopic (exact) mass is 305 g/mol. The van der Waals surface area contributed by atoms with Crippen molar-refractivity contribution in [1.29, 1.82) is 0 Å². The summed E-state index contributed by atoms with van der Waals surface area (Å²) in [4.78, 5) is 14.5. The van der Waals surface area contributed by atoms with Crippen LogP contribution < -0.4 is 4.74 Å². The summed E-state index contributed by atoms with van der Waals surface area (Å²) < 4.78 is 10.8. The van der Waals surface area contributed by atoms with Crippen LogP contribution in [0.15, 0.2) is 24.3 Å². The van der Waals surface area contributed by atoms with E-state index in [4.69, 9.17) is 9.47 Å². The van der Waals surface area contributed by atoms with E-state index in [1.54, 1.807) is 0 Å². The number of nitrogens with zero attached hydrogens (tertiary/aromatic N) is 1. The average Bonchev–Trinajstić information content (AvgIpc) is 2.57. The molecule has 22 heavy (non-hydrogen) atoms. The van der Waals surface area contributed by atoms with E-state index in [9.17, 15) is 4.79 Å². The minimum Gasteiger partial charge on any atom is -0.493 e. The van der Waals surface area contributed by atoms with Gasteiger partial charge in [-0.05, 0) is 57.5 Å². The van der Waals surface area contributed by atoms with E-state index in [0.717, 1.165) is 38.2 Å². The van der Waals surface area contributed by atoms with Crippen LogP contribution in [0, 0.1) is 18.8 Å². The zero-order chi connectivity index (χ0) is 15.9. The molecule has 1 atom stereocenters. The van der Waals surface area contributed by atoms with Gasteiger partial charge in [-0.1, -0.05) is 24.6 Å². The fraction of sp³-hybridized carbons (Fsp3) is 0.611. The van der Waals surface area contributed by atoms with Gasteiger partial charge < -0.3 is 14.4 Å². The van der Waals surface area contributed by atoms with Crippen LogP contribution in [0.1, 0.15) is 25.3 Å². The first kappa shape index (κ1) is 16.8. The Hall–Kier alpha value is -1.55. The summed E-state index contributed by atoms with van der Waals surface area (Å²) in [6.07, 6.45) is 2.07. The van der Waals surface area contributed by atoms with Gasteiger partial charge in [-0.3, -0.25) is 4.79 Å². The maximum Gasteiger partial charge on any atom is 0.312 e. The maximum atomic E-state index is 12.1. The van der Waals surface area contributed by atoms with Crippen molar-refractivity contribution < 1.29 is 14.3 Å². The predicted molar refractivity (Wildman–Crippen MR) is 87.0 cm³/mol. The lowest BCUT2D eigenvalue weighted by Crippen LogP contribution is -2.40. The Morgan fingerprint density at radius 2 is 1.91 bits per heavy atom. The molecule has 122 valence electrons. The number of carbonyl (C=O) groups is 1. The Kier molecular flexibility index (Phi) is 6.25. The van der Waals surface area contributed by atoms with E-state index in [1.165, 1.54) is 12.7 Å². The number of carbonyl (C=O) groups excluding carboxylic acids is 1. The Bertz CT molecular complexity index is 464. The highest BCUT2D eigenvalue weighted by atomic mass is 16.5. The number of likely N-dealkylation sites (tertiary alicyclic amines) is 1. The van der Waals surface area contributed by atoms with Gasteiger partial charge in [0.2, 0.25) is 0 Å². The molecular weight excluding hydrogens is 278 g/mol. The SMILES string of the molecule is CCN1CCC(C(COc2ccc(C)cc2)C(=O)OC)CC1. The molecule has 1 aliphatic heterocycles. The first-order chi connectivity index (χ1) is 10.6. The summed E-state index contributed by atoms with van der Waals surface area (Å²) >= 11 is 0. The van der Waals surface area contributed by atoms with Crippen molar-refractivity contribution in [3.8, 4) is 5.75 Å². The van der Waals surface area contributed by atoms with Crippen molar-refractivity contribution in [2.24, 2.45) is 11.8 Å². The van der Waals surface area contributed by atoms with Gasteiger partial charge in [-0.25, -0.2) is 0 Å². The molecule has 0 bridgehead atoms. The summed E-state index contributed by atoms with van der Waals surface area (Å²) in [7, 11) is 1.46. The lowest BCUT2D eigenvalue weighted by Gasteiger charge is -2.34. The van der Waals surface area contributed by atoms with Crippen molar-refractivity contribution in [2.75, 3.05) is 33.4 Å². The Labute approximate surface area is 133 Å². The van der Waals surface area contributed by atoms with Crippen LogP contribution in [0.4, 0.5) is 0 Å². The molecule has 4 heteroatoms. The number of rotatable bonds is 6. The van der Waals surface area contributed by atoms with Gasteiger partial charge in [0.15, 0.2) is 0 Å². The van der Waals surface area contributed by atoms with Gasteiger partial charge in [-0.15, -0.1) is 0 Å². The number of piperidine rings is 1. The Morgan fingerprint density at radius 1 is 1.27 bits per heavy atom. The van der Waals surface area contributed by atoms with Gasteiger partial charge >= 0.3 is 5.97 Å². The molecule has 0 aliphatic carbocycles. The highest BCUT2D eigenvalue weighted by Gasteiger charge is 2.32. The summed E-state index contributed by atoms with van der Waals surface area (Å²) in [5, 5.41) is 0. The fourth-order valence-corrected chi connectivity index (χ4v) is 3.04. The third-order valence-electron chi connectivity index (χ3n) is 4.60. The molecule has 1 aromatic rings. The van der Waals surface area contributed by atoms with Crippen molar-refractivity contribution in [2.45, 2.75) is 26.7 Å². The van der Waals surface area contributed by atoms with E-state index in [2.05, 4.69) is 11.8 Å². The van der Waals surface area contributed by atoms with Crippen LogP contribution in [-0.2, 0) is 9.53 Å². The molecule has 1 saturated heterocycles. The average molecular weight is 305 g/mol. The first-order valence-corrected chi connectivity index (χ1v) is 8.13. The fourth-order valence-electron chi connectivity index (χ4n) is 3.04. The summed E-state index contributed by atoms with van der Waals surface area (Å²) in [5.74, 6) is 0.832. The molecule has 0 saturated carbocycles. The lowest BCUT2D eigenvalue weighted by atomic mass is 9.84. The first-order valence-electron chi connectivity index (χ1n) is 8.13. The van der Waals surface area contributed by atoms with E-state index in [1.807, 2.05) is 31.2 Å². The molecule has 2 rings (SSSR count). The van der Waals surface area contributed by atoms with Crippen LogP contribution in [0.5, 0.6) is 5.75 Å². The zero-order valence-corrected chi connectivity index (χ0v) is 13.9. The maximum absolute atomic E-state index is 12.1. The molecule has 0 N–H and O–H groups in total.